The first-order chi connectivity index (χ1) is 11.8. The molecule has 0 saturated carbocycles. The zero-order chi connectivity index (χ0) is 18.2. The van der Waals surface area contributed by atoms with Crippen LogP contribution in [0.15, 0.2) is 80.3 Å². The molecule has 2 aromatic rings. The van der Waals surface area contributed by atoms with E-state index in [1.165, 1.54) is 48.5 Å². The second kappa shape index (κ2) is 5.94. The molecule has 0 saturated heterocycles. The SMILES string of the molecule is O=C1NC(=O)C(S(=O)(=O)c2ccccc2)=C1S(=O)(=O)c1ccccc1. The third-order valence-electron chi connectivity index (χ3n) is 3.49. The van der Waals surface area contributed by atoms with Gasteiger partial charge in [-0.3, -0.25) is 14.9 Å². The van der Waals surface area contributed by atoms with Gasteiger partial charge >= 0.3 is 0 Å². The fraction of sp³-hybridized carbons (Fsp3) is 0. The highest BCUT2D eigenvalue weighted by molar-refractivity contribution is 8.00. The van der Waals surface area contributed by atoms with Crippen LogP contribution >= 0.6 is 0 Å². The molecule has 0 fully saturated rings. The number of sulfone groups is 2. The topological polar surface area (TPSA) is 114 Å². The van der Waals surface area contributed by atoms with Crippen LogP contribution in [0.25, 0.3) is 0 Å². The fourth-order valence-electron chi connectivity index (χ4n) is 2.35. The van der Waals surface area contributed by atoms with Crippen molar-refractivity contribution in [3.8, 4) is 0 Å². The zero-order valence-corrected chi connectivity index (χ0v) is 14.2. The molecule has 0 aromatic heterocycles. The number of hydrogen-bond acceptors (Lipinski definition) is 6. The number of imide groups is 1. The molecule has 0 atom stereocenters. The highest BCUT2D eigenvalue weighted by Gasteiger charge is 2.45. The van der Waals surface area contributed by atoms with Crippen molar-refractivity contribution >= 4 is 31.5 Å². The lowest BCUT2D eigenvalue weighted by Gasteiger charge is -2.07. The highest BCUT2D eigenvalue weighted by atomic mass is 32.2. The molecule has 0 aliphatic carbocycles. The molecule has 0 unspecified atom stereocenters. The van der Waals surface area contributed by atoms with E-state index in [0.717, 1.165) is 0 Å². The minimum Gasteiger partial charge on any atom is -0.287 e. The zero-order valence-electron chi connectivity index (χ0n) is 12.5. The largest absolute Gasteiger partial charge is 0.287 e. The minimum atomic E-state index is -4.49. The molecule has 1 N–H and O–H groups in total. The fourth-order valence-corrected chi connectivity index (χ4v) is 5.77. The maximum absolute atomic E-state index is 12.7. The van der Waals surface area contributed by atoms with Gasteiger partial charge in [-0.15, -0.1) is 0 Å². The van der Waals surface area contributed by atoms with E-state index in [2.05, 4.69) is 0 Å². The van der Waals surface area contributed by atoms with Gasteiger partial charge in [0.05, 0.1) is 9.79 Å². The van der Waals surface area contributed by atoms with Crippen LogP contribution in [-0.2, 0) is 29.3 Å². The van der Waals surface area contributed by atoms with Gasteiger partial charge in [0.25, 0.3) is 11.8 Å². The van der Waals surface area contributed by atoms with Crippen molar-refractivity contribution in [2.75, 3.05) is 0 Å². The molecule has 128 valence electrons. The van der Waals surface area contributed by atoms with Crippen LogP contribution in [0.1, 0.15) is 0 Å². The highest BCUT2D eigenvalue weighted by Crippen LogP contribution is 2.31. The summed E-state index contributed by atoms with van der Waals surface area (Å²) in [7, 11) is -8.99. The second-order valence-corrected chi connectivity index (χ2v) is 8.85. The van der Waals surface area contributed by atoms with Crippen molar-refractivity contribution in [3.05, 3.63) is 70.5 Å². The number of carbonyl (C=O) groups is 2. The predicted molar refractivity (Wildman–Crippen MR) is 87.4 cm³/mol. The van der Waals surface area contributed by atoms with E-state index in [1.807, 2.05) is 0 Å². The molecule has 7 nitrogen and oxygen atoms in total. The van der Waals surface area contributed by atoms with Crippen molar-refractivity contribution < 1.29 is 26.4 Å². The van der Waals surface area contributed by atoms with Crippen LogP contribution in [0.4, 0.5) is 0 Å². The average molecular weight is 377 g/mol. The number of hydrogen-bond donors (Lipinski definition) is 1. The first-order valence-electron chi connectivity index (χ1n) is 6.96. The Labute approximate surface area is 143 Å². The number of carbonyl (C=O) groups excluding carboxylic acids is 2. The van der Waals surface area contributed by atoms with Crippen LogP contribution in [-0.4, -0.2) is 28.6 Å². The lowest BCUT2D eigenvalue weighted by molar-refractivity contribution is -0.123. The Hall–Kier alpha value is -2.78. The second-order valence-electron chi connectivity index (χ2n) is 5.07. The molecule has 9 heteroatoms. The molecule has 1 aliphatic rings. The van der Waals surface area contributed by atoms with E-state index in [9.17, 15) is 26.4 Å². The molecule has 2 amide bonds. The Kier molecular flexibility index (Phi) is 4.05. The predicted octanol–water partition coefficient (Wildman–Crippen LogP) is 0.802. The third-order valence-corrected chi connectivity index (χ3v) is 7.26. The monoisotopic (exact) mass is 377 g/mol. The standard InChI is InChI=1S/C16H11NO6S2/c18-15-13(24(20,21)11-7-3-1-4-8-11)14(16(19)17-15)25(22,23)12-9-5-2-6-10-12/h1-10H,(H,17,18,19). The maximum Gasteiger partial charge on any atom is 0.271 e. The summed E-state index contributed by atoms with van der Waals surface area (Å²) in [6, 6.07) is 13.7. The van der Waals surface area contributed by atoms with Crippen molar-refractivity contribution in [1.82, 2.24) is 5.32 Å². The molecule has 0 bridgehead atoms. The number of nitrogens with one attached hydrogen (secondary N) is 1. The average Bonchev–Trinajstić information content (AvgIpc) is 2.92. The van der Waals surface area contributed by atoms with Crippen molar-refractivity contribution in [2.45, 2.75) is 9.79 Å². The Morgan fingerprint density at radius 3 is 1.20 bits per heavy atom. The summed E-state index contributed by atoms with van der Waals surface area (Å²) in [6.45, 7) is 0. The first kappa shape index (κ1) is 17.1. The number of rotatable bonds is 4. The Bertz CT molecular complexity index is 1010. The Morgan fingerprint density at radius 1 is 0.560 bits per heavy atom. The van der Waals surface area contributed by atoms with E-state index in [0.29, 0.717) is 0 Å². The van der Waals surface area contributed by atoms with E-state index >= 15 is 0 Å². The Balaban J connectivity index is 2.32. The van der Waals surface area contributed by atoms with E-state index < -0.39 is 41.3 Å². The van der Waals surface area contributed by atoms with Crippen LogP contribution in [0.3, 0.4) is 0 Å². The molecule has 0 spiro atoms. The van der Waals surface area contributed by atoms with Gasteiger partial charge < -0.3 is 0 Å². The molecular weight excluding hydrogens is 366 g/mol. The van der Waals surface area contributed by atoms with E-state index in [-0.39, 0.29) is 9.79 Å². The lowest BCUT2D eigenvalue weighted by atomic mass is 10.4. The molecule has 1 aliphatic heterocycles. The van der Waals surface area contributed by atoms with Crippen molar-refractivity contribution in [2.24, 2.45) is 0 Å². The summed E-state index contributed by atoms with van der Waals surface area (Å²) in [5.74, 6) is -2.52. The van der Waals surface area contributed by atoms with Crippen LogP contribution < -0.4 is 5.32 Å². The van der Waals surface area contributed by atoms with Gasteiger partial charge in [-0.25, -0.2) is 16.8 Å². The quantitative estimate of drug-likeness (QED) is 0.789. The molecular formula is C16H11NO6S2. The first-order valence-corrected chi connectivity index (χ1v) is 9.93. The number of benzene rings is 2. The number of amides is 2. The molecule has 25 heavy (non-hydrogen) atoms. The summed E-state index contributed by atoms with van der Waals surface area (Å²) in [5.41, 5.74) is 0. The minimum absolute atomic E-state index is 0.282. The summed E-state index contributed by atoms with van der Waals surface area (Å²) in [5, 5.41) is 1.76. The molecule has 1 heterocycles. The van der Waals surface area contributed by atoms with Crippen molar-refractivity contribution in [1.29, 1.82) is 0 Å². The lowest BCUT2D eigenvalue weighted by Crippen LogP contribution is -2.25. The summed E-state index contributed by atoms with van der Waals surface area (Å²) in [6.07, 6.45) is 0. The smallest absolute Gasteiger partial charge is 0.271 e. The van der Waals surface area contributed by atoms with Gasteiger partial charge in [0.1, 0.15) is 0 Å². The van der Waals surface area contributed by atoms with Gasteiger partial charge in [-0.2, -0.15) is 0 Å². The van der Waals surface area contributed by atoms with Crippen LogP contribution in [0.5, 0.6) is 0 Å². The van der Waals surface area contributed by atoms with Gasteiger partial charge in [0.15, 0.2) is 9.81 Å². The molecule has 3 rings (SSSR count). The summed E-state index contributed by atoms with van der Waals surface area (Å²) >= 11 is 0. The normalized spacial score (nSPS) is 15.4. The Morgan fingerprint density at radius 2 is 0.880 bits per heavy atom. The van der Waals surface area contributed by atoms with Gasteiger partial charge in [-0.05, 0) is 24.3 Å². The van der Waals surface area contributed by atoms with Crippen LogP contribution in [0, 0.1) is 0 Å². The molecule has 2 aromatic carbocycles. The summed E-state index contributed by atoms with van der Waals surface area (Å²) in [4.78, 5) is 21.4. The van der Waals surface area contributed by atoms with Gasteiger partial charge in [-0.1, -0.05) is 36.4 Å². The summed E-state index contributed by atoms with van der Waals surface area (Å²) < 4.78 is 51.0. The van der Waals surface area contributed by atoms with Gasteiger partial charge in [0.2, 0.25) is 19.7 Å². The van der Waals surface area contributed by atoms with Crippen molar-refractivity contribution in [3.63, 3.8) is 0 Å². The van der Waals surface area contributed by atoms with Gasteiger partial charge in [0, 0.05) is 0 Å². The third kappa shape index (κ3) is 2.77. The maximum atomic E-state index is 12.7. The van der Waals surface area contributed by atoms with E-state index in [1.54, 1.807) is 17.4 Å². The van der Waals surface area contributed by atoms with E-state index in [4.69, 9.17) is 0 Å². The van der Waals surface area contributed by atoms with Crippen LogP contribution in [0.2, 0.25) is 0 Å². The molecule has 0 radical (unpaired) electrons.